The van der Waals surface area contributed by atoms with E-state index in [1.165, 1.54) is 5.57 Å². The van der Waals surface area contributed by atoms with E-state index in [-0.39, 0.29) is 17.9 Å². The number of ketones is 1. The summed E-state index contributed by atoms with van der Waals surface area (Å²) in [6, 6.07) is 7.76. The van der Waals surface area contributed by atoms with Crippen LogP contribution in [0.3, 0.4) is 0 Å². The predicted octanol–water partition coefficient (Wildman–Crippen LogP) is 4.19. The molecule has 1 aromatic carbocycles. The summed E-state index contributed by atoms with van der Waals surface area (Å²) < 4.78 is 6.21. The molecule has 1 saturated heterocycles. The lowest BCUT2D eigenvalue weighted by Crippen LogP contribution is -2.48. The second kappa shape index (κ2) is 6.19. The summed E-state index contributed by atoms with van der Waals surface area (Å²) in [6.45, 7) is 8.34. The minimum Gasteiger partial charge on any atom is -0.474 e. The van der Waals surface area contributed by atoms with Gasteiger partial charge in [0.25, 0.3) is 0 Å². The van der Waals surface area contributed by atoms with Gasteiger partial charge in [-0.3, -0.25) is 9.63 Å². The number of hydrogen-bond acceptors (Lipinski definition) is 4. The lowest BCUT2D eigenvalue weighted by Gasteiger charge is -2.39. The number of rotatable bonds is 4. The third-order valence-electron chi connectivity index (χ3n) is 4.74. The van der Waals surface area contributed by atoms with Crippen molar-refractivity contribution in [3.05, 3.63) is 58.9 Å². The van der Waals surface area contributed by atoms with E-state index >= 15 is 0 Å². The average molecular weight is 327 g/mol. The molecule has 128 valence electrons. The van der Waals surface area contributed by atoms with Crippen molar-refractivity contribution in [3.63, 3.8) is 0 Å². The fraction of sp³-hybridized carbons (Fsp3) is 0.450. The maximum atomic E-state index is 12.5. The number of carbonyl (C=O) groups excluding carboxylic acids is 1. The summed E-state index contributed by atoms with van der Waals surface area (Å²) in [7, 11) is 1.67. The Morgan fingerprint density at radius 2 is 2.08 bits per heavy atom. The fourth-order valence-corrected chi connectivity index (χ4v) is 3.58. The van der Waals surface area contributed by atoms with Crippen molar-refractivity contribution in [2.24, 2.45) is 5.92 Å². The van der Waals surface area contributed by atoms with Crippen molar-refractivity contribution >= 4 is 5.78 Å². The van der Waals surface area contributed by atoms with E-state index in [1.807, 2.05) is 29.3 Å². The zero-order chi connectivity index (χ0) is 17.5. The highest BCUT2D eigenvalue weighted by atomic mass is 16.7. The summed E-state index contributed by atoms with van der Waals surface area (Å²) in [5.74, 6) is 0.903. The Bertz CT molecular complexity index is 715. The van der Waals surface area contributed by atoms with Crippen LogP contribution in [0.2, 0.25) is 0 Å². The Balaban J connectivity index is 2.25. The first-order valence-corrected chi connectivity index (χ1v) is 8.41. The van der Waals surface area contributed by atoms with E-state index in [1.54, 1.807) is 13.2 Å². The molecule has 2 unspecified atom stereocenters. The molecule has 4 heteroatoms. The van der Waals surface area contributed by atoms with Crippen LogP contribution in [0.5, 0.6) is 0 Å². The minimum atomic E-state index is -0.592. The van der Waals surface area contributed by atoms with E-state index in [0.717, 1.165) is 11.1 Å². The third-order valence-corrected chi connectivity index (χ3v) is 4.74. The number of hydrogen-bond donors (Lipinski definition) is 0. The Labute approximate surface area is 143 Å². The van der Waals surface area contributed by atoms with Gasteiger partial charge >= 0.3 is 0 Å². The molecule has 1 aromatic rings. The van der Waals surface area contributed by atoms with Crippen LogP contribution >= 0.6 is 0 Å². The molecule has 1 aliphatic heterocycles. The Morgan fingerprint density at radius 3 is 2.71 bits per heavy atom. The molecule has 0 radical (unpaired) electrons. The molecule has 0 amide bonds. The Kier molecular flexibility index (Phi) is 4.37. The van der Waals surface area contributed by atoms with Gasteiger partial charge in [-0.15, -0.1) is 5.06 Å². The first-order valence-electron chi connectivity index (χ1n) is 8.41. The summed E-state index contributed by atoms with van der Waals surface area (Å²) >= 11 is 0. The van der Waals surface area contributed by atoms with Crippen LogP contribution in [-0.4, -0.2) is 24.2 Å². The molecule has 2 atom stereocenters. The van der Waals surface area contributed by atoms with E-state index < -0.39 is 5.54 Å². The zero-order valence-corrected chi connectivity index (χ0v) is 15.0. The smallest absolute Gasteiger partial charge is 0.189 e. The van der Waals surface area contributed by atoms with Gasteiger partial charge in [0.2, 0.25) is 0 Å². The van der Waals surface area contributed by atoms with Crippen LogP contribution in [0.25, 0.3) is 0 Å². The van der Waals surface area contributed by atoms with E-state index in [4.69, 9.17) is 9.57 Å². The van der Waals surface area contributed by atoms with Crippen LogP contribution in [-0.2, 0) is 15.1 Å². The van der Waals surface area contributed by atoms with E-state index in [9.17, 15) is 4.79 Å². The second-order valence-corrected chi connectivity index (χ2v) is 7.03. The van der Waals surface area contributed by atoms with Crippen molar-refractivity contribution in [1.82, 2.24) is 5.06 Å². The second-order valence-electron chi connectivity index (χ2n) is 7.03. The van der Waals surface area contributed by atoms with Gasteiger partial charge < -0.3 is 4.74 Å². The summed E-state index contributed by atoms with van der Waals surface area (Å²) in [4.78, 5) is 18.4. The number of carbonyl (C=O) groups is 1. The molecule has 3 rings (SSSR count). The normalized spacial score (nSPS) is 25.8. The number of ether oxygens (including phenoxy) is 1. The molecule has 1 aliphatic carbocycles. The van der Waals surface area contributed by atoms with Crippen molar-refractivity contribution in [2.45, 2.75) is 45.9 Å². The van der Waals surface area contributed by atoms with Crippen LogP contribution in [0.15, 0.2) is 47.7 Å². The van der Waals surface area contributed by atoms with Gasteiger partial charge in [-0.25, -0.2) is 0 Å². The van der Waals surface area contributed by atoms with Gasteiger partial charge in [0.1, 0.15) is 11.3 Å². The van der Waals surface area contributed by atoms with E-state index in [0.29, 0.717) is 12.2 Å². The summed E-state index contributed by atoms with van der Waals surface area (Å²) in [5, 5.41) is 1.92. The van der Waals surface area contributed by atoms with Crippen LogP contribution in [0.4, 0.5) is 0 Å². The van der Waals surface area contributed by atoms with Crippen molar-refractivity contribution in [1.29, 1.82) is 0 Å². The molecular weight excluding hydrogens is 302 g/mol. The largest absolute Gasteiger partial charge is 0.474 e. The number of benzene rings is 1. The van der Waals surface area contributed by atoms with Crippen molar-refractivity contribution in [3.8, 4) is 0 Å². The molecule has 2 aliphatic rings. The molecule has 24 heavy (non-hydrogen) atoms. The topological polar surface area (TPSA) is 38.8 Å². The monoisotopic (exact) mass is 327 g/mol. The maximum Gasteiger partial charge on any atom is 0.189 e. The van der Waals surface area contributed by atoms with Crippen LogP contribution in [0, 0.1) is 5.92 Å². The lowest BCUT2D eigenvalue weighted by atomic mass is 9.76. The van der Waals surface area contributed by atoms with Gasteiger partial charge in [-0.2, -0.15) is 0 Å². The SMILES string of the molecule is CON1C(C(C)C)OC2=CC(=O)c3ccccc3C21CC=C(C)C. The predicted molar refractivity (Wildman–Crippen MR) is 93.1 cm³/mol. The number of nitrogens with zero attached hydrogens (tertiary/aromatic N) is 1. The minimum absolute atomic E-state index is 0.00566. The highest BCUT2D eigenvalue weighted by Crippen LogP contribution is 2.52. The first-order chi connectivity index (χ1) is 11.4. The zero-order valence-electron chi connectivity index (χ0n) is 15.0. The average Bonchev–Trinajstić information content (AvgIpc) is 2.88. The highest BCUT2D eigenvalue weighted by molar-refractivity contribution is 6.08. The summed E-state index contributed by atoms with van der Waals surface area (Å²) in [5.41, 5.74) is 2.31. The molecule has 0 bridgehead atoms. The Hall–Kier alpha value is -1.91. The standard InChI is InChI=1S/C20H25NO3/c1-13(2)10-11-20-16-9-7-6-8-15(16)17(22)12-18(20)24-19(14(3)4)21(20)23-5/h6-10,12,14,19H,11H2,1-5H3. The van der Waals surface area contributed by atoms with Crippen molar-refractivity contribution < 1.29 is 14.4 Å². The first kappa shape index (κ1) is 16.9. The molecule has 0 aromatic heterocycles. The molecule has 0 spiro atoms. The fourth-order valence-electron chi connectivity index (χ4n) is 3.58. The lowest BCUT2D eigenvalue weighted by molar-refractivity contribution is -0.236. The van der Waals surface area contributed by atoms with Crippen molar-refractivity contribution in [2.75, 3.05) is 7.11 Å². The van der Waals surface area contributed by atoms with Gasteiger partial charge in [-0.1, -0.05) is 49.8 Å². The molecule has 4 nitrogen and oxygen atoms in total. The van der Waals surface area contributed by atoms with Gasteiger partial charge in [0.15, 0.2) is 12.0 Å². The Morgan fingerprint density at radius 1 is 1.38 bits per heavy atom. The molecular formula is C20H25NO3. The van der Waals surface area contributed by atoms with E-state index in [2.05, 4.69) is 33.8 Å². The highest BCUT2D eigenvalue weighted by Gasteiger charge is 2.57. The molecule has 0 N–H and O–H groups in total. The van der Waals surface area contributed by atoms with Crippen LogP contribution in [0.1, 0.15) is 50.0 Å². The third kappa shape index (κ3) is 2.41. The maximum absolute atomic E-state index is 12.5. The molecule has 0 saturated carbocycles. The number of allylic oxidation sites excluding steroid dienone is 2. The van der Waals surface area contributed by atoms with Crippen LogP contribution < -0.4 is 0 Å². The summed E-state index contributed by atoms with van der Waals surface area (Å²) in [6.07, 6.45) is 4.28. The molecule has 1 heterocycles. The number of hydroxylamine groups is 2. The quantitative estimate of drug-likeness (QED) is 0.777. The van der Waals surface area contributed by atoms with Gasteiger partial charge in [0.05, 0.1) is 7.11 Å². The van der Waals surface area contributed by atoms with Gasteiger partial charge in [-0.05, 0) is 25.8 Å². The molecule has 1 fully saturated rings. The van der Waals surface area contributed by atoms with Gasteiger partial charge in [0, 0.05) is 17.6 Å². The number of fused-ring (bicyclic) bond motifs is 3.